The van der Waals surface area contributed by atoms with Gasteiger partial charge in [0.1, 0.15) is 12.4 Å². The van der Waals surface area contributed by atoms with Crippen LogP contribution in [0, 0.1) is 7.14 Å². The molecule has 0 fully saturated rings. The third-order valence-electron chi connectivity index (χ3n) is 6.40. The molecule has 14 heteroatoms. The molecular formula is C31H29ClI2N4O7. The maximum atomic E-state index is 12.6. The van der Waals surface area contributed by atoms with Crippen molar-refractivity contribution in [3.63, 3.8) is 0 Å². The lowest BCUT2D eigenvalue weighted by Gasteiger charge is -2.28. The van der Waals surface area contributed by atoms with Crippen molar-refractivity contribution in [2.45, 2.75) is 26.5 Å². The van der Waals surface area contributed by atoms with Crippen LogP contribution in [-0.2, 0) is 20.9 Å². The normalized spacial score (nSPS) is 14.4. The summed E-state index contributed by atoms with van der Waals surface area (Å²) in [5, 5.41) is 10.0. The molecule has 1 aliphatic rings. The second-order valence-electron chi connectivity index (χ2n) is 9.47. The number of hydrogen-bond donors (Lipinski definition) is 3. The lowest BCUT2D eigenvalue weighted by molar-refractivity contribution is -0.139. The van der Waals surface area contributed by atoms with Crippen LogP contribution in [0.15, 0.2) is 71.0 Å². The number of urea groups is 1. The molecular weight excluding hydrogens is 830 g/mol. The first kappa shape index (κ1) is 34.3. The first-order valence-corrected chi connectivity index (χ1v) is 16.1. The molecule has 0 saturated heterocycles. The molecule has 3 N–H and O–H groups in total. The second kappa shape index (κ2) is 16.1. The molecule has 3 aromatic rings. The zero-order valence-corrected chi connectivity index (χ0v) is 29.5. The molecule has 11 nitrogen and oxygen atoms in total. The molecule has 0 unspecified atom stereocenters. The van der Waals surface area contributed by atoms with Crippen LogP contribution in [0.4, 0.5) is 4.79 Å². The molecule has 1 aliphatic heterocycles. The highest BCUT2D eigenvalue weighted by Crippen LogP contribution is 2.35. The Hall–Kier alpha value is -3.57. The van der Waals surface area contributed by atoms with Gasteiger partial charge >= 0.3 is 12.0 Å². The summed E-state index contributed by atoms with van der Waals surface area (Å²) in [6.45, 7) is 3.42. The zero-order chi connectivity index (χ0) is 32.5. The number of esters is 1. The van der Waals surface area contributed by atoms with E-state index in [0.29, 0.717) is 33.3 Å². The monoisotopic (exact) mass is 858 g/mol. The van der Waals surface area contributed by atoms with Crippen molar-refractivity contribution in [3.05, 3.63) is 94.7 Å². The summed E-state index contributed by atoms with van der Waals surface area (Å²) in [6.07, 6.45) is 1.50. The van der Waals surface area contributed by atoms with Crippen LogP contribution in [0.2, 0.25) is 5.02 Å². The first-order chi connectivity index (χ1) is 21.6. The maximum absolute atomic E-state index is 12.6. The first-order valence-electron chi connectivity index (χ1n) is 13.5. The molecule has 0 spiro atoms. The molecule has 1 atom stereocenters. The van der Waals surface area contributed by atoms with Gasteiger partial charge in [0.05, 0.1) is 35.1 Å². The molecule has 0 aromatic heterocycles. The SMILES string of the molecule is CCOC(=O)C1=C(C)NC(=O)N[C@H]1c1ccc(OCC(=O)N/N=C/c2cc(I)cc(I)c2OCc2ccccc2Cl)c(OC)c1. The molecule has 0 saturated carbocycles. The lowest BCUT2D eigenvalue weighted by atomic mass is 9.95. The van der Waals surface area contributed by atoms with E-state index in [0.717, 1.165) is 12.7 Å². The van der Waals surface area contributed by atoms with Crippen molar-refractivity contribution < 1.29 is 33.3 Å². The highest BCUT2D eigenvalue weighted by atomic mass is 127. The number of nitrogens with zero attached hydrogens (tertiary/aromatic N) is 1. The maximum Gasteiger partial charge on any atom is 0.338 e. The van der Waals surface area contributed by atoms with Crippen LogP contribution in [0.25, 0.3) is 0 Å². The van der Waals surface area contributed by atoms with Gasteiger partial charge in [-0.2, -0.15) is 5.10 Å². The summed E-state index contributed by atoms with van der Waals surface area (Å²) in [7, 11) is 1.44. The number of carbonyl (C=O) groups excluding carboxylic acids is 3. The minimum absolute atomic E-state index is 0.182. The smallest absolute Gasteiger partial charge is 0.338 e. The Labute approximate surface area is 292 Å². The number of benzene rings is 3. The summed E-state index contributed by atoms with van der Waals surface area (Å²) < 4.78 is 24.3. The van der Waals surface area contributed by atoms with Crippen molar-refractivity contribution in [1.82, 2.24) is 16.1 Å². The van der Waals surface area contributed by atoms with E-state index in [1.165, 1.54) is 13.3 Å². The van der Waals surface area contributed by atoms with E-state index < -0.39 is 23.9 Å². The Morgan fingerprint density at radius 3 is 2.60 bits per heavy atom. The van der Waals surface area contributed by atoms with Gasteiger partial charge in [-0.25, -0.2) is 15.0 Å². The quantitative estimate of drug-likeness (QED) is 0.0900. The number of carbonyl (C=O) groups is 3. The van der Waals surface area contributed by atoms with E-state index in [1.807, 2.05) is 30.3 Å². The van der Waals surface area contributed by atoms with E-state index in [9.17, 15) is 14.4 Å². The number of ether oxygens (including phenoxy) is 4. The highest BCUT2D eigenvalue weighted by Gasteiger charge is 2.32. The number of hydrogen-bond acceptors (Lipinski definition) is 8. The summed E-state index contributed by atoms with van der Waals surface area (Å²) in [5.41, 5.74) is 5.20. The average molecular weight is 859 g/mol. The van der Waals surface area contributed by atoms with Crippen LogP contribution < -0.4 is 30.3 Å². The lowest BCUT2D eigenvalue weighted by Crippen LogP contribution is -2.45. The summed E-state index contributed by atoms with van der Waals surface area (Å²) >= 11 is 10.7. The van der Waals surface area contributed by atoms with Gasteiger partial charge in [-0.1, -0.05) is 35.9 Å². The molecule has 3 aromatic carbocycles. The summed E-state index contributed by atoms with van der Waals surface area (Å²) in [6, 6.07) is 14.9. The molecule has 0 bridgehead atoms. The molecule has 3 amide bonds. The summed E-state index contributed by atoms with van der Waals surface area (Å²) in [4.78, 5) is 37.4. The number of rotatable bonds is 12. The van der Waals surface area contributed by atoms with Gasteiger partial charge in [-0.3, -0.25) is 4.79 Å². The van der Waals surface area contributed by atoms with E-state index in [4.69, 9.17) is 30.5 Å². The van der Waals surface area contributed by atoms with Gasteiger partial charge in [0.2, 0.25) is 0 Å². The molecule has 45 heavy (non-hydrogen) atoms. The van der Waals surface area contributed by atoms with Crippen LogP contribution in [-0.4, -0.2) is 44.4 Å². The largest absolute Gasteiger partial charge is 0.493 e. The molecule has 0 aliphatic carbocycles. The van der Waals surface area contributed by atoms with Crippen LogP contribution in [0.5, 0.6) is 17.2 Å². The van der Waals surface area contributed by atoms with Crippen LogP contribution >= 0.6 is 56.8 Å². The van der Waals surface area contributed by atoms with Crippen molar-refractivity contribution in [3.8, 4) is 17.2 Å². The second-order valence-corrected chi connectivity index (χ2v) is 12.3. The van der Waals surface area contributed by atoms with Crippen LogP contribution in [0.1, 0.15) is 36.6 Å². The molecule has 236 valence electrons. The Balaban J connectivity index is 1.42. The van der Waals surface area contributed by atoms with Gasteiger partial charge in [0.15, 0.2) is 18.1 Å². The number of methoxy groups -OCH3 is 1. The topological polar surface area (TPSA) is 137 Å². The van der Waals surface area contributed by atoms with Crippen molar-refractivity contribution >= 4 is 80.9 Å². The van der Waals surface area contributed by atoms with Crippen molar-refractivity contribution in [1.29, 1.82) is 0 Å². The number of halogens is 3. The Kier molecular flexibility index (Phi) is 12.3. The van der Waals surface area contributed by atoms with Crippen molar-refractivity contribution in [2.75, 3.05) is 20.3 Å². The Morgan fingerprint density at radius 1 is 1.09 bits per heavy atom. The van der Waals surface area contributed by atoms with E-state index in [-0.39, 0.29) is 31.1 Å². The van der Waals surface area contributed by atoms with E-state index in [2.05, 4.69) is 66.3 Å². The minimum Gasteiger partial charge on any atom is -0.493 e. The van der Waals surface area contributed by atoms with E-state index in [1.54, 1.807) is 38.1 Å². The number of allylic oxidation sites excluding steroid dienone is 1. The minimum atomic E-state index is -0.777. The van der Waals surface area contributed by atoms with Gasteiger partial charge in [0.25, 0.3) is 5.91 Å². The van der Waals surface area contributed by atoms with Gasteiger partial charge in [-0.05, 0) is 94.9 Å². The number of nitrogens with one attached hydrogen (secondary N) is 3. The molecule has 4 rings (SSSR count). The zero-order valence-electron chi connectivity index (χ0n) is 24.4. The standard InChI is InChI=1S/C31H29ClI2N4O7/c1-4-43-30(40)27-17(2)36-31(41)37-28(27)18-9-10-24(25(12-18)42-3)44-16-26(39)38-35-14-20-11-21(33)13-23(34)29(20)45-15-19-7-5-6-8-22(19)32/h5-14,28H,4,15-16H2,1-3H3,(H,38,39)(H2,36,37,41)/b35-14+/t28-/m0/s1. The van der Waals surface area contributed by atoms with Gasteiger partial charge in [-0.15, -0.1) is 0 Å². The predicted molar refractivity (Wildman–Crippen MR) is 186 cm³/mol. The number of amides is 3. The highest BCUT2D eigenvalue weighted by molar-refractivity contribution is 14.1. The predicted octanol–water partition coefficient (Wildman–Crippen LogP) is 5.86. The van der Waals surface area contributed by atoms with Crippen LogP contribution in [0.3, 0.4) is 0 Å². The fraction of sp³-hybridized carbons (Fsp3) is 0.226. The number of hydrazone groups is 1. The third-order valence-corrected chi connectivity index (χ3v) is 8.20. The van der Waals surface area contributed by atoms with Crippen molar-refractivity contribution in [2.24, 2.45) is 5.10 Å². The average Bonchev–Trinajstić information content (AvgIpc) is 3.00. The molecule has 0 radical (unpaired) electrons. The summed E-state index contributed by atoms with van der Waals surface area (Å²) in [5.74, 6) is 0.122. The molecule has 1 heterocycles. The van der Waals surface area contributed by atoms with E-state index >= 15 is 0 Å². The fourth-order valence-corrected chi connectivity index (χ4v) is 6.59. The van der Waals surface area contributed by atoms with Gasteiger partial charge in [0, 0.05) is 25.4 Å². The van der Waals surface area contributed by atoms with Gasteiger partial charge < -0.3 is 29.6 Å². The third kappa shape index (κ3) is 9.00. The Bertz CT molecular complexity index is 1660. The Morgan fingerprint density at radius 2 is 1.87 bits per heavy atom. The fourth-order valence-electron chi connectivity index (χ4n) is 4.35.